The van der Waals surface area contributed by atoms with Crippen LogP contribution in [0.2, 0.25) is 5.02 Å². The SMILES string of the molecule is CCCN1CCC(C)C1c1cc(O)c2c(c1Cl)C[C@H]1C[C@H]3[C@H](N(C)C)C(=O)C(C(N)=O)=C(O)[C@@]3(O)C(=O)C1=C2O. The van der Waals surface area contributed by atoms with Gasteiger partial charge in [0, 0.05) is 22.6 Å². The maximum Gasteiger partial charge on any atom is 0.255 e. The maximum atomic E-state index is 14.0. The highest BCUT2D eigenvalue weighted by molar-refractivity contribution is 6.33. The van der Waals surface area contributed by atoms with Crippen molar-refractivity contribution in [2.75, 3.05) is 27.2 Å². The first-order valence-electron chi connectivity index (χ1n) is 13.7. The number of likely N-dealkylation sites (tertiary alicyclic amines) is 1. The standard InChI is InChI=1S/C29H36ClN3O7/c1-5-7-33-8-6-12(2)22(33)15-11-17(34)19-14(21(15)30)9-13-10-16-23(32(3)4)25(36)20(28(31)39)27(38)29(16,40)26(37)18(13)24(19)35/h11-13,16,22-23,34-35,38,40H,5-10H2,1-4H3,(H2,31,39)/t12?,13-,16-,22?,23-,29-/m0/s1. The number of carbonyl (C=O) groups is 3. The van der Waals surface area contributed by atoms with Crippen LogP contribution in [0, 0.1) is 17.8 Å². The Bertz CT molecular complexity index is 1380. The minimum Gasteiger partial charge on any atom is -0.508 e. The molecule has 1 aliphatic heterocycles. The number of nitrogens with two attached hydrogens (primary N) is 1. The number of fused-ring (bicyclic) bond motifs is 3. The number of ketones is 2. The molecule has 2 fully saturated rings. The van der Waals surface area contributed by atoms with Crippen LogP contribution in [0.25, 0.3) is 5.76 Å². The van der Waals surface area contributed by atoms with Crippen molar-refractivity contribution in [2.24, 2.45) is 23.5 Å². The first kappa shape index (κ1) is 28.6. The molecule has 1 saturated carbocycles. The number of halogens is 1. The third-order valence-corrected chi connectivity index (χ3v) is 9.76. The zero-order valence-corrected chi connectivity index (χ0v) is 23.8. The van der Waals surface area contributed by atoms with E-state index in [2.05, 4.69) is 18.7 Å². The highest BCUT2D eigenvalue weighted by Crippen LogP contribution is 2.54. The molecule has 0 radical (unpaired) electrons. The molecule has 6 atom stereocenters. The molecular formula is C29H36ClN3O7. The summed E-state index contributed by atoms with van der Waals surface area (Å²) in [6.45, 7) is 6.03. The van der Waals surface area contributed by atoms with Crippen LogP contribution in [0.5, 0.6) is 5.75 Å². The van der Waals surface area contributed by atoms with E-state index < -0.39 is 58.0 Å². The van der Waals surface area contributed by atoms with E-state index in [0.29, 0.717) is 16.5 Å². The molecule has 4 aliphatic rings. The van der Waals surface area contributed by atoms with Crippen molar-refractivity contribution in [3.63, 3.8) is 0 Å². The number of phenols is 1. The van der Waals surface area contributed by atoms with Gasteiger partial charge in [-0.15, -0.1) is 0 Å². The Morgan fingerprint density at radius 2 is 1.93 bits per heavy atom. The van der Waals surface area contributed by atoms with Gasteiger partial charge >= 0.3 is 0 Å². The normalized spacial score (nSPS) is 32.4. The summed E-state index contributed by atoms with van der Waals surface area (Å²) in [5, 5.41) is 45.7. The number of aliphatic hydroxyl groups is 3. The molecule has 1 saturated heterocycles. The molecule has 0 bridgehead atoms. The van der Waals surface area contributed by atoms with Crippen molar-refractivity contribution < 1.29 is 34.8 Å². The quantitative estimate of drug-likeness (QED) is 0.333. The van der Waals surface area contributed by atoms with Gasteiger partial charge in [-0.05, 0) is 81.9 Å². The Morgan fingerprint density at radius 3 is 2.52 bits per heavy atom. The molecule has 5 rings (SSSR count). The molecule has 0 spiro atoms. The number of benzene rings is 1. The number of likely N-dealkylation sites (N-methyl/N-ethyl adjacent to an activating group) is 1. The van der Waals surface area contributed by atoms with Crippen molar-refractivity contribution in [1.29, 1.82) is 0 Å². The summed E-state index contributed by atoms with van der Waals surface area (Å²) in [5.41, 5.74) is 2.96. The highest BCUT2D eigenvalue weighted by Gasteiger charge is 2.64. The van der Waals surface area contributed by atoms with Crippen LogP contribution in [0.15, 0.2) is 23.0 Å². The molecule has 3 aliphatic carbocycles. The summed E-state index contributed by atoms with van der Waals surface area (Å²) in [7, 11) is 3.14. The smallest absolute Gasteiger partial charge is 0.255 e. The maximum absolute atomic E-state index is 14.0. The molecule has 216 valence electrons. The van der Waals surface area contributed by atoms with Gasteiger partial charge in [-0.3, -0.25) is 24.2 Å². The predicted molar refractivity (Wildman–Crippen MR) is 148 cm³/mol. The zero-order valence-electron chi connectivity index (χ0n) is 23.1. The van der Waals surface area contributed by atoms with Gasteiger partial charge in [0.1, 0.15) is 22.8 Å². The fourth-order valence-corrected chi connectivity index (χ4v) is 7.93. The van der Waals surface area contributed by atoms with Crippen LogP contribution in [0.3, 0.4) is 0 Å². The first-order chi connectivity index (χ1) is 18.8. The molecule has 0 aromatic heterocycles. The number of nitrogens with zero attached hydrogens (tertiary/aromatic N) is 2. The first-order valence-corrected chi connectivity index (χ1v) is 14.1. The molecule has 11 heteroatoms. The van der Waals surface area contributed by atoms with Gasteiger partial charge in [-0.2, -0.15) is 0 Å². The van der Waals surface area contributed by atoms with Gasteiger partial charge in [-0.25, -0.2) is 0 Å². The van der Waals surface area contributed by atoms with Crippen LogP contribution >= 0.6 is 11.6 Å². The molecule has 10 nitrogen and oxygen atoms in total. The molecule has 40 heavy (non-hydrogen) atoms. The average molecular weight is 574 g/mol. The Labute approximate surface area is 237 Å². The Balaban J connectivity index is 1.68. The van der Waals surface area contributed by atoms with E-state index >= 15 is 0 Å². The number of rotatable bonds is 5. The predicted octanol–water partition coefficient (Wildman–Crippen LogP) is 2.41. The van der Waals surface area contributed by atoms with Crippen molar-refractivity contribution >= 4 is 34.8 Å². The number of hydrogen-bond donors (Lipinski definition) is 5. The minimum absolute atomic E-state index is 0.0118. The van der Waals surface area contributed by atoms with Crippen molar-refractivity contribution in [1.82, 2.24) is 9.80 Å². The fourth-order valence-electron chi connectivity index (χ4n) is 7.59. The highest BCUT2D eigenvalue weighted by atomic mass is 35.5. The van der Waals surface area contributed by atoms with Gasteiger partial charge in [0.25, 0.3) is 5.91 Å². The summed E-state index contributed by atoms with van der Waals surface area (Å²) < 4.78 is 0. The van der Waals surface area contributed by atoms with Gasteiger partial charge in [0.15, 0.2) is 11.4 Å². The summed E-state index contributed by atoms with van der Waals surface area (Å²) in [4.78, 5) is 43.1. The molecule has 2 unspecified atom stereocenters. The van der Waals surface area contributed by atoms with E-state index in [1.165, 1.54) is 4.90 Å². The summed E-state index contributed by atoms with van der Waals surface area (Å²) >= 11 is 7.02. The van der Waals surface area contributed by atoms with Gasteiger partial charge in [0.05, 0.1) is 11.6 Å². The van der Waals surface area contributed by atoms with Crippen LogP contribution in [-0.2, 0) is 20.8 Å². The molecule has 1 aromatic rings. The third-order valence-electron chi connectivity index (χ3n) is 9.32. The summed E-state index contributed by atoms with van der Waals surface area (Å²) in [5.74, 6) is -6.46. The number of aliphatic hydroxyl groups excluding tert-OH is 2. The van der Waals surface area contributed by atoms with Crippen LogP contribution in [-0.4, -0.2) is 86.5 Å². The summed E-state index contributed by atoms with van der Waals surface area (Å²) in [6, 6.07) is 0.398. The Kier molecular flexibility index (Phi) is 7.06. The lowest BCUT2D eigenvalue weighted by Gasteiger charge is -2.50. The van der Waals surface area contributed by atoms with Crippen LogP contribution < -0.4 is 5.73 Å². The van der Waals surface area contributed by atoms with Crippen LogP contribution in [0.4, 0.5) is 0 Å². The monoisotopic (exact) mass is 573 g/mol. The molecule has 1 heterocycles. The van der Waals surface area contributed by atoms with E-state index in [4.69, 9.17) is 17.3 Å². The number of hydrogen-bond acceptors (Lipinski definition) is 9. The van der Waals surface area contributed by atoms with Crippen molar-refractivity contribution in [3.8, 4) is 5.75 Å². The van der Waals surface area contributed by atoms with Crippen molar-refractivity contribution in [3.05, 3.63) is 44.7 Å². The number of Topliss-reactive ketones (excluding diaryl/α,β-unsaturated/α-hetero) is 2. The zero-order chi connectivity index (χ0) is 29.4. The molecule has 1 amide bonds. The number of carbonyl (C=O) groups excluding carboxylic acids is 3. The summed E-state index contributed by atoms with van der Waals surface area (Å²) in [6.07, 6.45) is 2.14. The average Bonchev–Trinajstić information content (AvgIpc) is 3.22. The Morgan fingerprint density at radius 1 is 1.25 bits per heavy atom. The van der Waals surface area contributed by atoms with E-state index in [9.17, 15) is 34.8 Å². The largest absolute Gasteiger partial charge is 0.508 e. The molecular weight excluding hydrogens is 538 g/mol. The molecule has 6 N–H and O–H groups in total. The molecule has 1 aromatic carbocycles. The second kappa shape index (κ2) is 9.87. The lowest BCUT2D eigenvalue weighted by atomic mass is 9.57. The van der Waals surface area contributed by atoms with Crippen molar-refractivity contribution in [2.45, 2.75) is 57.2 Å². The van der Waals surface area contributed by atoms with E-state index in [1.54, 1.807) is 20.2 Å². The number of primary amides is 1. The van der Waals surface area contributed by atoms with Gasteiger partial charge in [0.2, 0.25) is 5.78 Å². The topological polar surface area (TPSA) is 165 Å². The van der Waals surface area contributed by atoms with E-state index in [-0.39, 0.29) is 35.8 Å². The van der Waals surface area contributed by atoms with E-state index in [0.717, 1.165) is 31.5 Å². The van der Waals surface area contributed by atoms with Gasteiger partial charge in [-0.1, -0.05) is 25.4 Å². The minimum atomic E-state index is -2.66. The lowest BCUT2D eigenvalue weighted by Crippen LogP contribution is -2.65. The van der Waals surface area contributed by atoms with Crippen LogP contribution in [0.1, 0.15) is 55.8 Å². The number of aromatic hydroxyl groups is 1. The second-order valence-corrected chi connectivity index (χ2v) is 12.2. The van der Waals surface area contributed by atoms with Gasteiger partial charge < -0.3 is 26.2 Å². The lowest BCUT2D eigenvalue weighted by molar-refractivity contribution is -0.153. The number of amides is 1. The fraction of sp³-hybridized carbons (Fsp3) is 0.552. The number of phenolic OH excluding ortho intramolecular Hbond substituents is 1. The third kappa shape index (κ3) is 3.83. The second-order valence-electron chi connectivity index (χ2n) is 11.9. The Hall–Kier alpha value is -2.92. The van der Waals surface area contributed by atoms with E-state index in [1.807, 2.05) is 0 Å².